The van der Waals surface area contributed by atoms with Crippen molar-refractivity contribution >= 4 is 17.4 Å². The van der Waals surface area contributed by atoms with Crippen molar-refractivity contribution in [2.24, 2.45) is 0 Å². The molecule has 5 heteroatoms. The van der Waals surface area contributed by atoms with Gasteiger partial charge in [-0.1, -0.05) is 23.7 Å². The normalized spacial score (nSPS) is 10.7. The van der Waals surface area contributed by atoms with Gasteiger partial charge < -0.3 is 15.6 Å². The van der Waals surface area contributed by atoms with Crippen LogP contribution in [0, 0.1) is 0 Å². The Morgan fingerprint density at radius 3 is 2.72 bits per heavy atom. The molecule has 1 aromatic carbocycles. The molecule has 0 aliphatic carbocycles. The van der Waals surface area contributed by atoms with Gasteiger partial charge in [0.1, 0.15) is 5.82 Å². The monoisotopic (exact) mass is 264 g/mol. The Morgan fingerprint density at radius 1 is 1.28 bits per heavy atom. The minimum absolute atomic E-state index is 0.573. The number of halogens is 1. The van der Waals surface area contributed by atoms with Crippen molar-refractivity contribution in [2.75, 3.05) is 12.3 Å². The second-order valence-corrected chi connectivity index (χ2v) is 4.63. The molecule has 0 saturated heterocycles. The van der Waals surface area contributed by atoms with E-state index in [1.54, 1.807) is 6.33 Å². The Kier molecular flexibility index (Phi) is 4.61. The lowest BCUT2D eigenvalue weighted by Gasteiger charge is -2.05. The Balaban J connectivity index is 1.63. The van der Waals surface area contributed by atoms with E-state index in [-0.39, 0.29) is 0 Å². The van der Waals surface area contributed by atoms with Crippen LogP contribution in [0.3, 0.4) is 0 Å². The highest BCUT2D eigenvalue weighted by atomic mass is 35.5. The first kappa shape index (κ1) is 12.9. The first-order valence-electron chi connectivity index (χ1n) is 5.96. The van der Waals surface area contributed by atoms with Crippen molar-refractivity contribution in [3.05, 3.63) is 47.4 Å². The molecule has 0 atom stereocenters. The summed E-state index contributed by atoms with van der Waals surface area (Å²) in [6.45, 7) is 2.75. The molecule has 2 aromatic rings. The van der Waals surface area contributed by atoms with Crippen molar-refractivity contribution in [1.29, 1.82) is 0 Å². The maximum Gasteiger partial charge on any atom is 0.141 e. The molecule has 96 valence electrons. The average molecular weight is 265 g/mol. The Hall–Kier alpha value is -1.52. The number of benzene rings is 1. The quantitative estimate of drug-likeness (QED) is 0.787. The molecule has 0 bridgehead atoms. The first-order valence-corrected chi connectivity index (χ1v) is 6.34. The lowest BCUT2D eigenvalue weighted by Crippen LogP contribution is -2.16. The van der Waals surface area contributed by atoms with Crippen molar-refractivity contribution in [1.82, 2.24) is 14.9 Å². The van der Waals surface area contributed by atoms with Crippen LogP contribution in [0.25, 0.3) is 0 Å². The highest BCUT2D eigenvalue weighted by Gasteiger charge is 1.95. The van der Waals surface area contributed by atoms with Crippen LogP contribution in [-0.4, -0.2) is 16.1 Å². The zero-order valence-electron chi connectivity index (χ0n) is 10.1. The SMILES string of the molecule is Nc1cn(CCCNCc2ccc(Cl)cc2)cn1. The predicted molar refractivity (Wildman–Crippen MR) is 74.4 cm³/mol. The van der Waals surface area contributed by atoms with Gasteiger partial charge in [-0.15, -0.1) is 0 Å². The molecule has 0 fully saturated rings. The van der Waals surface area contributed by atoms with E-state index in [0.29, 0.717) is 5.82 Å². The number of anilines is 1. The second-order valence-electron chi connectivity index (χ2n) is 4.19. The number of rotatable bonds is 6. The number of nitrogens with zero attached hydrogens (tertiary/aromatic N) is 2. The molecule has 0 amide bonds. The summed E-state index contributed by atoms with van der Waals surface area (Å²) in [5.41, 5.74) is 6.78. The Morgan fingerprint density at radius 2 is 2.06 bits per heavy atom. The van der Waals surface area contributed by atoms with Crippen LogP contribution in [0.5, 0.6) is 0 Å². The summed E-state index contributed by atoms with van der Waals surface area (Å²) in [6.07, 6.45) is 4.65. The maximum absolute atomic E-state index is 5.83. The maximum atomic E-state index is 5.83. The summed E-state index contributed by atoms with van der Waals surface area (Å²) in [7, 11) is 0. The Labute approximate surface area is 112 Å². The number of nitrogens with one attached hydrogen (secondary N) is 1. The summed E-state index contributed by atoms with van der Waals surface area (Å²) in [5.74, 6) is 0.573. The van der Waals surface area contributed by atoms with Crippen LogP contribution in [0.1, 0.15) is 12.0 Å². The summed E-state index contributed by atoms with van der Waals surface area (Å²) in [4.78, 5) is 3.98. The molecule has 4 nitrogen and oxygen atoms in total. The van der Waals surface area contributed by atoms with E-state index in [0.717, 1.165) is 31.1 Å². The van der Waals surface area contributed by atoms with E-state index in [1.807, 2.05) is 35.0 Å². The first-order chi connectivity index (χ1) is 8.74. The number of aryl methyl sites for hydroxylation is 1. The third kappa shape index (κ3) is 4.05. The second kappa shape index (κ2) is 6.42. The molecule has 1 aromatic heterocycles. The van der Waals surface area contributed by atoms with Gasteiger partial charge in [-0.2, -0.15) is 0 Å². The number of imidazole rings is 1. The van der Waals surface area contributed by atoms with E-state index < -0.39 is 0 Å². The average Bonchev–Trinajstić information content (AvgIpc) is 2.77. The van der Waals surface area contributed by atoms with Gasteiger partial charge >= 0.3 is 0 Å². The molecule has 0 spiro atoms. The minimum Gasteiger partial charge on any atom is -0.382 e. The van der Waals surface area contributed by atoms with Gasteiger partial charge in [-0.05, 0) is 30.7 Å². The molecule has 0 radical (unpaired) electrons. The lowest BCUT2D eigenvalue weighted by molar-refractivity contribution is 0.581. The minimum atomic E-state index is 0.573. The van der Waals surface area contributed by atoms with Crippen molar-refractivity contribution < 1.29 is 0 Å². The zero-order chi connectivity index (χ0) is 12.8. The van der Waals surface area contributed by atoms with Gasteiger partial charge in [0.15, 0.2) is 0 Å². The van der Waals surface area contributed by atoms with Crippen molar-refractivity contribution in [3.8, 4) is 0 Å². The summed E-state index contributed by atoms with van der Waals surface area (Å²) < 4.78 is 2.00. The third-order valence-corrected chi connectivity index (χ3v) is 2.92. The summed E-state index contributed by atoms with van der Waals surface area (Å²) in [5, 5.41) is 4.16. The van der Waals surface area contributed by atoms with Crippen LogP contribution in [0.15, 0.2) is 36.8 Å². The van der Waals surface area contributed by atoms with E-state index >= 15 is 0 Å². The molecule has 2 rings (SSSR count). The van der Waals surface area contributed by atoms with E-state index in [9.17, 15) is 0 Å². The van der Waals surface area contributed by atoms with Crippen LogP contribution in [0.4, 0.5) is 5.82 Å². The number of hydrogen-bond donors (Lipinski definition) is 2. The van der Waals surface area contributed by atoms with Gasteiger partial charge in [-0.25, -0.2) is 4.98 Å². The Bertz CT molecular complexity index is 478. The summed E-state index contributed by atoms with van der Waals surface area (Å²) >= 11 is 5.83. The molecule has 0 aliphatic heterocycles. The van der Waals surface area contributed by atoms with E-state index in [1.165, 1.54) is 5.56 Å². The highest BCUT2D eigenvalue weighted by molar-refractivity contribution is 6.30. The molecule has 0 unspecified atom stereocenters. The largest absolute Gasteiger partial charge is 0.382 e. The molecule has 18 heavy (non-hydrogen) atoms. The van der Waals surface area contributed by atoms with Gasteiger partial charge in [-0.3, -0.25) is 0 Å². The van der Waals surface area contributed by atoms with Crippen LogP contribution in [0.2, 0.25) is 5.02 Å². The summed E-state index contributed by atoms with van der Waals surface area (Å²) in [6, 6.07) is 7.89. The van der Waals surface area contributed by atoms with E-state index in [2.05, 4.69) is 10.3 Å². The smallest absolute Gasteiger partial charge is 0.141 e. The number of hydrogen-bond acceptors (Lipinski definition) is 3. The lowest BCUT2D eigenvalue weighted by atomic mass is 10.2. The number of aromatic nitrogens is 2. The van der Waals surface area contributed by atoms with Crippen LogP contribution in [-0.2, 0) is 13.1 Å². The predicted octanol–water partition coefficient (Wildman–Crippen LogP) is 2.30. The number of nitrogen functional groups attached to an aromatic ring is 1. The van der Waals surface area contributed by atoms with Crippen molar-refractivity contribution in [3.63, 3.8) is 0 Å². The third-order valence-electron chi connectivity index (χ3n) is 2.67. The molecule has 0 saturated carbocycles. The molecule has 3 N–H and O–H groups in total. The fourth-order valence-corrected chi connectivity index (χ4v) is 1.85. The molecule has 0 aliphatic rings. The zero-order valence-corrected chi connectivity index (χ0v) is 10.9. The van der Waals surface area contributed by atoms with Gasteiger partial charge in [0.25, 0.3) is 0 Å². The van der Waals surface area contributed by atoms with Gasteiger partial charge in [0, 0.05) is 24.3 Å². The molecular weight excluding hydrogens is 248 g/mol. The van der Waals surface area contributed by atoms with Crippen LogP contribution >= 0.6 is 11.6 Å². The fraction of sp³-hybridized carbons (Fsp3) is 0.308. The fourth-order valence-electron chi connectivity index (χ4n) is 1.72. The highest BCUT2D eigenvalue weighted by Crippen LogP contribution is 2.09. The number of nitrogens with two attached hydrogens (primary N) is 1. The van der Waals surface area contributed by atoms with Crippen molar-refractivity contribution in [2.45, 2.75) is 19.5 Å². The van der Waals surface area contributed by atoms with Gasteiger partial charge in [0.2, 0.25) is 0 Å². The van der Waals surface area contributed by atoms with E-state index in [4.69, 9.17) is 17.3 Å². The van der Waals surface area contributed by atoms with Crippen LogP contribution < -0.4 is 11.1 Å². The standard InChI is InChI=1S/C13H17ClN4/c14-12-4-2-11(3-5-12)8-16-6-1-7-18-9-13(15)17-10-18/h2-5,9-10,16H,1,6-8,15H2. The molecule has 1 heterocycles. The topological polar surface area (TPSA) is 55.9 Å². The molecular formula is C13H17ClN4. The van der Waals surface area contributed by atoms with Gasteiger partial charge in [0.05, 0.1) is 6.33 Å².